The molecule has 2 amide bonds. The third-order valence-corrected chi connectivity index (χ3v) is 3.27. The van der Waals surface area contributed by atoms with E-state index in [1.54, 1.807) is 13.8 Å². The topological polar surface area (TPSA) is 74.7 Å². The van der Waals surface area contributed by atoms with E-state index >= 15 is 0 Å². The summed E-state index contributed by atoms with van der Waals surface area (Å²) in [5, 5.41) is 8.98. The third-order valence-electron chi connectivity index (χ3n) is 3.27. The number of rotatable bonds is 4. The van der Waals surface area contributed by atoms with Gasteiger partial charge in [0, 0.05) is 11.1 Å². The second kappa shape index (κ2) is 5.15. The van der Waals surface area contributed by atoms with E-state index in [2.05, 4.69) is 0 Å². The molecule has 1 rings (SSSR count). The molecule has 1 unspecified atom stereocenters. The van der Waals surface area contributed by atoms with Crippen molar-refractivity contribution in [1.29, 1.82) is 0 Å². The zero-order valence-corrected chi connectivity index (χ0v) is 12.1. The second-order valence-corrected chi connectivity index (χ2v) is 6.25. The molecule has 0 aromatic heterocycles. The van der Waals surface area contributed by atoms with E-state index in [4.69, 9.17) is 5.11 Å². The lowest BCUT2D eigenvalue weighted by Gasteiger charge is -2.31. The fraction of sp³-hybridized carbons (Fsp3) is 0.643. The van der Waals surface area contributed by atoms with Gasteiger partial charge < -0.3 is 5.11 Å². The Morgan fingerprint density at radius 3 is 1.89 bits per heavy atom. The zero-order valence-electron chi connectivity index (χ0n) is 12.1. The number of hydrogen-bond donors (Lipinski definition) is 1. The minimum Gasteiger partial charge on any atom is -0.481 e. The normalized spacial score (nSPS) is 18.3. The number of amides is 2. The first-order valence-corrected chi connectivity index (χ1v) is 6.31. The van der Waals surface area contributed by atoms with Crippen LogP contribution in [0.5, 0.6) is 0 Å². The third kappa shape index (κ3) is 3.43. The summed E-state index contributed by atoms with van der Waals surface area (Å²) in [6, 6.07) is -0.593. The molecule has 1 aliphatic rings. The van der Waals surface area contributed by atoms with Gasteiger partial charge in [-0.25, -0.2) is 0 Å². The molecule has 106 valence electrons. The summed E-state index contributed by atoms with van der Waals surface area (Å²) in [6.45, 7) is 9.08. The van der Waals surface area contributed by atoms with E-state index in [1.807, 2.05) is 20.8 Å². The number of imide groups is 1. The van der Waals surface area contributed by atoms with Gasteiger partial charge >= 0.3 is 5.97 Å². The van der Waals surface area contributed by atoms with Crippen molar-refractivity contribution in [1.82, 2.24) is 4.90 Å². The first-order chi connectivity index (χ1) is 8.54. The van der Waals surface area contributed by atoms with Gasteiger partial charge in [0.05, 0.1) is 12.5 Å². The number of carbonyl (C=O) groups excluding carboxylic acids is 2. The average molecular weight is 267 g/mol. The second-order valence-electron chi connectivity index (χ2n) is 6.25. The van der Waals surface area contributed by atoms with Crippen molar-refractivity contribution in [3.8, 4) is 0 Å². The summed E-state index contributed by atoms with van der Waals surface area (Å²) in [4.78, 5) is 36.3. The van der Waals surface area contributed by atoms with Crippen LogP contribution in [0.3, 0.4) is 0 Å². The molecule has 0 saturated carbocycles. The van der Waals surface area contributed by atoms with Gasteiger partial charge in [0.25, 0.3) is 11.8 Å². The number of carbonyl (C=O) groups is 3. The van der Waals surface area contributed by atoms with Crippen molar-refractivity contribution in [2.24, 2.45) is 5.41 Å². The monoisotopic (exact) mass is 267 g/mol. The predicted molar refractivity (Wildman–Crippen MR) is 70.3 cm³/mol. The van der Waals surface area contributed by atoms with Crippen LogP contribution in [0.15, 0.2) is 11.1 Å². The maximum absolute atomic E-state index is 12.1. The Morgan fingerprint density at radius 1 is 1.16 bits per heavy atom. The maximum atomic E-state index is 12.1. The number of aliphatic carboxylic acids is 1. The molecule has 0 spiro atoms. The first kappa shape index (κ1) is 15.4. The number of carboxylic acid groups (broad SMARTS) is 1. The van der Waals surface area contributed by atoms with Crippen LogP contribution in [0, 0.1) is 5.41 Å². The molecule has 0 aromatic rings. The smallest absolute Gasteiger partial charge is 0.305 e. The van der Waals surface area contributed by atoms with Crippen LogP contribution in [0.25, 0.3) is 0 Å². The van der Waals surface area contributed by atoms with Crippen LogP contribution in [-0.4, -0.2) is 33.8 Å². The van der Waals surface area contributed by atoms with Crippen molar-refractivity contribution in [2.45, 2.75) is 53.5 Å². The van der Waals surface area contributed by atoms with Crippen LogP contribution >= 0.6 is 0 Å². The number of carboxylic acids is 1. The minimum atomic E-state index is -1.00. The van der Waals surface area contributed by atoms with Crippen molar-refractivity contribution in [2.75, 3.05) is 0 Å². The summed E-state index contributed by atoms with van der Waals surface area (Å²) in [7, 11) is 0. The van der Waals surface area contributed by atoms with Crippen molar-refractivity contribution in [3.63, 3.8) is 0 Å². The summed E-state index contributed by atoms with van der Waals surface area (Å²) >= 11 is 0. The average Bonchev–Trinajstić information content (AvgIpc) is 2.40. The largest absolute Gasteiger partial charge is 0.481 e. The fourth-order valence-corrected chi connectivity index (χ4v) is 2.27. The van der Waals surface area contributed by atoms with Gasteiger partial charge in [-0.05, 0) is 25.7 Å². The van der Waals surface area contributed by atoms with Crippen LogP contribution < -0.4 is 0 Å². The number of hydrogen-bond acceptors (Lipinski definition) is 3. The van der Waals surface area contributed by atoms with E-state index in [0.29, 0.717) is 17.6 Å². The zero-order chi connectivity index (χ0) is 15.0. The van der Waals surface area contributed by atoms with Gasteiger partial charge in [0.1, 0.15) is 0 Å². The van der Waals surface area contributed by atoms with Crippen molar-refractivity contribution >= 4 is 17.8 Å². The molecule has 0 aliphatic carbocycles. The SMILES string of the molecule is CC1=C(C)C(=O)N(C(CC(=O)O)CC(C)(C)C)C1=O. The summed E-state index contributed by atoms with van der Waals surface area (Å²) < 4.78 is 0. The molecule has 0 bridgehead atoms. The van der Waals surface area contributed by atoms with Gasteiger partial charge in [-0.2, -0.15) is 0 Å². The Hall–Kier alpha value is -1.65. The van der Waals surface area contributed by atoms with Gasteiger partial charge in [-0.15, -0.1) is 0 Å². The maximum Gasteiger partial charge on any atom is 0.305 e. The van der Waals surface area contributed by atoms with Crippen molar-refractivity contribution in [3.05, 3.63) is 11.1 Å². The quantitative estimate of drug-likeness (QED) is 0.790. The number of nitrogens with zero attached hydrogens (tertiary/aromatic N) is 1. The molecule has 1 N–H and O–H groups in total. The van der Waals surface area contributed by atoms with Crippen LogP contribution in [-0.2, 0) is 14.4 Å². The van der Waals surface area contributed by atoms with E-state index < -0.39 is 12.0 Å². The lowest BCUT2D eigenvalue weighted by molar-refractivity contribution is -0.144. The highest BCUT2D eigenvalue weighted by Gasteiger charge is 2.40. The molecule has 5 nitrogen and oxygen atoms in total. The molecule has 0 saturated heterocycles. The van der Waals surface area contributed by atoms with E-state index in [-0.39, 0.29) is 23.7 Å². The molecule has 1 atom stereocenters. The molecular weight excluding hydrogens is 246 g/mol. The van der Waals surface area contributed by atoms with Crippen LogP contribution in [0.1, 0.15) is 47.5 Å². The Balaban J connectivity index is 3.03. The standard InChI is InChI=1S/C14H21NO4/c1-8-9(2)13(19)15(12(8)18)10(6-11(16)17)7-14(3,4)5/h10H,6-7H2,1-5H3,(H,16,17). The molecular formula is C14H21NO4. The Morgan fingerprint density at radius 2 is 1.58 bits per heavy atom. The van der Waals surface area contributed by atoms with E-state index in [9.17, 15) is 14.4 Å². The molecule has 0 fully saturated rings. The summed E-state index contributed by atoms with van der Waals surface area (Å²) in [5.41, 5.74) is 0.661. The van der Waals surface area contributed by atoms with Gasteiger partial charge in [0.2, 0.25) is 0 Å². The molecule has 0 aromatic carbocycles. The van der Waals surface area contributed by atoms with Gasteiger partial charge in [0.15, 0.2) is 0 Å². The Kier molecular flexibility index (Phi) is 4.18. The lowest BCUT2D eigenvalue weighted by atomic mass is 9.86. The van der Waals surface area contributed by atoms with E-state index in [0.717, 1.165) is 4.90 Å². The van der Waals surface area contributed by atoms with Gasteiger partial charge in [-0.1, -0.05) is 20.8 Å². The van der Waals surface area contributed by atoms with Crippen LogP contribution in [0.4, 0.5) is 0 Å². The van der Waals surface area contributed by atoms with Crippen molar-refractivity contribution < 1.29 is 19.5 Å². The lowest BCUT2D eigenvalue weighted by Crippen LogP contribution is -2.44. The highest BCUT2D eigenvalue weighted by atomic mass is 16.4. The van der Waals surface area contributed by atoms with E-state index in [1.165, 1.54) is 0 Å². The molecule has 0 radical (unpaired) electrons. The highest BCUT2D eigenvalue weighted by Crippen LogP contribution is 2.30. The van der Waals surface area contributed by atoms with Crippen LogP contribution in [0.2, 0.25) is 0 Å². The molecule has 1 heterocycles. The first-order valence-electron chi connectivity index (χ1n) is 6.31. The highest BCUT2D eigenvalue weighted by molar-refractivity contribution is 6.19. The van der Waals surface area contributed by atoms with Gasteiger partial charge in [-0.3, -0.25) is 19.3 Å². The molecule has 1 aliphatic heterocycles. The Labute approximate surface area is 113 Å². The fourth-order valence-electron chi connectivity index (χ4n) is 2.27. The predicted octanol–water partition coefficient (Wildman–Crippen LogP) is 1.97. The molecule has 19 heavy (non-hydrogen) atoms. The Bertz CT molecular complexity index is 433. The minimum absolute atomic E-state index is 0.162. The summed E-state index contributed by atoms with van der Waals surface area (Å²) in [6.07, 6.45) is 0.257. The summed E-state index contributed by atoms with van der Waals surface area (Å²) in [5.74, 6) is -1.73. The molecule has 5 heteroatoms.